The van der Waals surface area contributed by atoms with Gasteiger partial charge in [-0.25, -0.2) is 0 Å². The van der Waals surface area contributed by atoms with Crippen molar-refractivity contribution in [1.29, 1.82) is 0 Å². The molecule has 0 spiro atoms. The Labute approximate surface area is 145 Å². The summed E-state index contributed by atoms with van der Waals surface area (Å²) in [6.07, 6.45) is 0. The van der Waals surface area contributed by atoms with E-state index < -0.39 is 0 Å². The van der Waals surface area contributed by atoms with Crippen molar-refractivity contribution >= 4 is 23.2 Å². The number of halogens is 2. The molecule has 0 N–H and O–H groups in total. The molecule has 0 aliphatic heterocycles. The van der Waals surface area contributed by atoms with E-state index in [9.17, 15) is 0 Å². The first-order chi connectivity index (χ1) is 11.0. The number of tetrazole rings is 1. The molecule has 3 aromatic rings. The van der Waals surface area contributed by atoms with E-state index in [1.165, 1.54) is 10.4 Å². The van der Waals surface area contributed by atoms with E-state index in [-0.39, 0.29) is 0 Å². The zero-order valence-corrected chi connectivity index (χ0v) is 14.4. The number of rotatable bonds is 4. The Bertz CT molecular complexity index is 789. The molecule has 2 aromatic carbocycles. The maximum absolute atomic E-state index is 6.18. The molecule has 1 aromatic heterocycles. The van der Waals surface area contributed by atoms with Crippen molar-refractivity contribution in [2.45, 2.75) is 26.3 Å². The van der Waals surface area contributed by atoms with Crippen LogP contribution >= 0.6 is 23.2 Å². The smallest absolute Gasteiger partial charge is 0.159 e. The Morgan fingerprint density at radius 1 is 1.00 bits per heavy atom. The summed E-state index contributed by atoms with van der Waals surface area (Å²) in [6.45, 7) is 4.71. The zero-order chi connectivity index (χ0) is 16.4. The van der Waals surface area contributed by atoms with E-state index >= 15 is 0 Å². The molecule has 1 heterocycles. The first-order valence-corrected chi connectivity index (χ1v) is 8.11. The highest BCUT2D eigenvalue weighted by molar-refractivity contribution is 6.35. The lowest BCUT2D eigenvalue weighted by Crippen LogP contribution is -2.05. The summed E-state index contributed by atoms with van der Waals surface area (Å²) in [6, 6.07) is 13.6. The summed E-state index contributed by atoms with van der Waals surface area (Å²) in [5.74, 6) is 1.08. The zero-order valence-electron chi connectivity index (χ0n) is 12.9. The van der Waals surface area contributed by atoms with Crippen molar-refractivity contribution in [3.05, 3.63) is 63.6 Å². The summed E-state index contributed by atoms with van der Waals surface area (Å²) in [4.78, 5) is 1.50. The summed E-state index contributed by atoms with van der Waals surface area (Å²) in [5.41, 5.74) is 3.00. The quantitative estimate of drug-likeness (QED) is 0.680. The summed E-state index contributed by atoms with van der Waals surface area (Å²) >= 11 is 12.4. The molecule has 0 aliphatic carbocycles. The van der Waals surface area contributed by atoms with Crippen molar-refractivity contribution < 1.29 is 0 Å². The van der Waals surface area contributed by atoms with Crippen molar-refractivity contribution in [3.8, 4) is 11.4 Å². The van der Waals surface area contributed by atoms with Crippen LogP contribution in [0.3, 0.4) is 0 Å². The average Bonchev–Trinajstić information content (AvgIpc) is 3.00. The molecule has 4 nitrogen and oxygen atoms in total. The Morgan fingerprint density at radius 2 is 1.65 bits per heavy atom. The minimum Gasteiger partial charge on any atom is -0.159 e. The Balaban J connectivity index is 1.83. The highest BCUT2D eigenvalue weighted by Gasteiger charge is 2.11. The number of nitrogens with zero attached hydrogens (tertiary/aromatic N) is 4. The Kier molecular flexibility index (Phi) is 4.64. The van der Waals surface area contributed by atoms with Crippen molar-refractivity contribution in [1.82, 2.24) is 20.2 Å². The van der Waals surface area contributed by atoms with Crippen LogP contribution in [-0.4, -0.2) is 20.2 Å². The number of hydrogen-bond donors (Lipinski definition) is 0. The molecule has 3 rings (SSSR count). The second kappa shape index (κ2) is 6.69. The van der Waals surface area contributed by atoms with Gasteiger partial charge in [0, 0.05) is 21.2 Å². The van der Waals surface area contributed by atoms with Crippen LogP contribution in [0.4, 0.5) is 0 Å². The maximum Gasteiger partial charge on any atom is 0.204 e. The lowest BCUT2D eigenvalue weighted by Gasteiger charge is -2.05. The monoisotopic (exact) mass is 346 g/mol. The lowest BCUT2D eigenvalue weighted by atomic mass is 10.0. The summed E-state index contributed by atoms with van der Waals surface area (Å²) < 4.78 is 0. The largest absolute Gasteiger partial charge is 0.204 e. The maximum atomic E-state index is 6.18. The van der Waals surface area contributed by atoms with Crippen molar-refractivity contribution in [2.75, 3.05) is 0 Å². The minimum absolute atomic E-state index is 0.385. The first kappa shape index (κ1) is 16.0. The highest BCUT2D eigenvalue weighted by atomic mass is 35.5. The predicted molar refractivity (Wildman–Crippen MR) is 92.9 cm³/mol. The molecule has 0 fully saturated rings. The van der Waals surface area contributed by atoms with E-state index in [0.29, 0.717) is 28.3 Å². The number of hydrogen-bond acceptors (Lipinski definition) is 3. The van der Waals surface area contributed by atoms with Gasteiger partial charge in [0.1, 0.15) is 0 Å². The number of benzene rings is 2. The van der Waals surface area contributed by atoms with Gasteiger partial charge in [0.2, 0.25) is 5.82 Å². The van der Waals surface area contributed by atoms with Crippen LogP contribution in [0.5, 0.6) is 0 Å². The topological polar surface area (TPSA) is 43.6 Å². The van der Waals surface area contributed by atoms with Gasteiger partial charge in [-0.3, -0.25) is 0 Å². The standard InChI is InChI=1S/C17H16Cl2N4/c1-11(2)12-6-8-13(9-7-12)17-20-22-23(21-17)10-14-15(18)4-3-5-16(14)19/h3-9,11H,10H2,1-2H3. The van der Waals surface area contributed by atoms with Gasteiger partial charge < -0.3 is 0 Å². The van der Waals surface area contributed by atoms with E-state index in [0.717, 1.165) is 11.1 Å². The third-order valence-electron chi connectivity index (χ3n) is 3.65. The first-order valence-electron chi connectivity index (χ1n) is 7.35. The van der Waals surface area contributed by atoms with E-state index in [4.69, 9.17) is 23.2 Å². The molecule has 0 bridgehead atoms. The van der Waals surface area contributed by atoms with Crippen LogP contribution in [0, 0.1) is 0 Å². The normalized spacial score (nSPS) is 11.2. The van der Waals surface area contributed by atoms with Crippen LogP contribution < -0.4 is 0 Å². The molecule has 0 radical (unpaired) electrons. The Morgan fingerprint density at radius 3 is 2.26 bits per heavy atom. The van der Waals surface area contributed by atoms with Gasteiger partial charge in [0.25, 0.3) is 0 Å². The fourth-order valence-corrected chi connectivity index (χ4v) is 2.78. The van der Waals surface area contributed by atoms with Crippen LogP contribution in [0.2, 0.25) is 10.0 Å². The van der Waals surface area contributed by atoms with Crippen LogP contribution in [0.1, 0.15) is 30.9 Å². The van der Waals surface area contributed by atoms with Gasteiger partial charge in [0.05, 0.1) is 6.54 Å². The van der Waals surface area contributed by atoms with Gasteiger partial charge in [-0.2, -0.15) is 4.80 Å². The van der Waals surface area contributed by atoms with Crippen molar-refractivity contribution in [2.24, 2.45) is 0 Å². The Hall–Kier alpha value is -1.91. The molecule has 0 unspecified atom stereocenters. The van der Waals surface area contributed by atoms with E-state index in [2.05, 4.69) is 41.4 Å². The highest BCUT2D eigenvalue weighted by Crippen LogP contribution is 2.25. The van der Waals surface area contributed by atoms with Gasteiger partial charge in [0.15, 0.2) is 0 Å². The van der Waals surface area contributed by atoms with E-state index in [1.54, 1.807) is 12.1 Å². The van der Waals surface area contributed by atoms with E-state index in [1.807, 2.05) is 18.2 Å². The van der Waals surface area contributed by atoms with Crippen LogP contribution in [-0.2, 0) is 6.54 Å². The molecular formula is C17H16Cl2N4. The molecule has 0 saturated heterocycles. The predicted octanol–water partition coefficient (Wildman–Crippen LogP) is 4.82. The molecule has 0 aliphatic rings. The summed E-state index contributed by atoms with van der Waals surface area (Å²) in [5, 5.41) is 13.8. The van der Waals surface area contributed by atoms with Gasteiger partial charge in [-0.15, -0.1) is 10.2 Å². The molecule has 0 amide bonds. The molecule has 118 valence electrons. The fourth-order valence-electron chi connectivity index (χ4n) is 2.27. The minimum atomic E-state index is 0.385. The molecule has 0 saturated carbocycles. The van der Waals surface area contributed by atoms with Gasteiger partial charge in [-0.05, 0) is 28.8 Å². The second-order valence-electron chi connectivity index (χ2n) is 5.62. The fraction of sp³-hybridized carbons (Fsp3) is 0.235. The van der Waals surface area contributed by atoms with Gasteiger partial charge in [-0.1, -0.05) is 67.4 Å². The third-order valence-corrected chi connectivity index (χ3v) is 4.36. The molecule has 0 atom stereocenters. The SMILES string of the molecule is CC(C)c1ccc(-c2nnn(Cc3c(Cl)cccc3Cl)n2)cc1. The summed E-state index contributed by atoms with van der Waals surface area (Å²) in [7, 11) is 0. The lowest BCUT2D eigenvalue weighted by molar-refractivity contribution is 0.573. The van der Waals surface area contributed by atoms with Crippen LogP contribution in [0.15, 0.2) is 42.5 Å². The molecule has 23 heavy (non-hydrogen) atoms. The average molecular weight is 347 g/mol. The van der Waals surface area contributed by atoms with Crippen molar-refractivity contribution in [3.63, 3.8) is 0 Å². The molecular weight excluding hydrogens is 331 g/mol. The second-order valence-corrected chi connectivity index (χ2v) is 6.43. The van der Waals surface area contributed by atoms with Gasteiger partial charge >= 0.3 is 0 Å². The number of aromatic nitrogens is 4. The third kappa shape index (κ3) is 3.54. The van der Waals surface area contributed by atoms with Crippen LogP contribution in [0.25, 0.3) is 11.4 Å². The molecule has 6 heteroatoms.